The lowest BCUT2D eigenvalue weighted by Gasteiger charge is -2.13. The number of hydrogen-bond donors (Lipinski definition) is 0. The van der Waals surface area contributed by atoms with E-state index in [1.165, 1.54) is 6.08 Å². The Hall–Kier alpha value is -1.15. The first-order valence-corrected chi connectivity index (χ1v) is 5.21. The van der Waals surface area contributed by atoms with Crippen LogP contribution in [0.25, 0.3) is 0 Å². The molecule has 0 bridgehead atoms. The second-order valence-corrected chi connectivity index (χ2v) is 4.13. The van der Waals surface area contributed by atoms with Crippen molar-refractivity contribution in [3.63, 3.8) is 0 Å². The van der Waals surface area contributed by atoms with Crippen LogP contribution in [0, 0.1) is 11.8 Å². The van der Waals surface area contributed by atoms with Gasteiger partial charge in [-0.1, -0.05) is 13.8 Å². The van der Waals surface area contributed by atoms with E-state index in [4.69, 9.17) is 0 Å². The average Bonchev–Trinajstić information content (AvgIpc) is 2.38. The third-order valence-corrected chi connectivity index (χ3v) is 2.39. The molecule has 0 saturated carbocycles. The van der Waals surface area contributed by atoms with Crippen molar-refractivity contribution < 1.29 is 17.9 Å². The molecule has 4 heteroatoms. The summed E-state index contributed by atoms with van der Waals surface area (Å²) in [5.41, 5.74) is 2.85. The van der Waals surface area contributed by atoms with Crippen molar-refractivity contribution in [1.82, 2.24) is 0 Å². The first-order valence-electron chi connectivity index (χ1n) is 5.21. The van der Waals surface area contributed by atoms with Gasteiger partial charge in [-0.25, -0.2) is 0 Å². The topological polar surface area (TPSA) is 9.23 Å². The molecule has 0 aromatic heterocycles. The summed E-state index contributed by atoms with van der Waals surface area (Å²) >= 11 is 0. The molecule has 1 nitrogen and oxygen atoms in total. The first-order chi connectivity index (χ1) is 7.38. The van der Waals surface area contributed by atoms with Crippen molar-refractivity contribution in [3.05, 3.63) is 29.7 Å². The Bertz CT molecular complexity index is 320. The Balaban J connectivity index is 2.56. The van der Waals surface area contributed by atoms with Crippen LogP contribution in [-0.2, 0) is 4.74 Å². The maximum Gasteiger partial charge on any atom is 0.422 e. The molecule has 0 fully saturated rings. The molecule has 0 N–H and O–H groups in total. The smallest absolute Gasteiger partial charge is 0.422 e. The average molecular weight is 232 g/mol. The highest BCUT2D eigenvalue weighted by Crippen LogP contribution is 2.22. The quantitative estimate of drug-likeness (QED) is 0.672. The fourth-order valence-corrected chi connectivity index (χ4v) is 1.36. The van der Waals surface area contributed by atoms with Gasteiger partial charge in [0, 0.05) is 6.08 Å². The number of rotatable bonds is 3. The van der Waals surface area contributed by atoms with E-state index in [0.717, 1.165) is 0 Å². The third-order valence-electron chi connectivity index (χ3n) is 2.39. The molecular weight excluding hydrogens is 217 g/mol. The zero-order chi connectivity index (χ0) is 12.2. The highest BCUT2D eigenvalue weighted by atomic mass is 19.4. The second-order valence-electron chi connectivity index (χ2n) is 4.13. The van der Waals surface area contributed by atoms with Crippen LogP contribution in [0.4, 0.5) is 13.2 Å². The van der Waals surface area contributed by atoms with Gasteiger partial charge in [0.1, 0.15) is 5.76 Å². The summed E-state index contributed by atoms with van der Waals surface area (Å²) in [6, 6.07) is 0. The molecule has 0 spiro atoms. The Morgan fingerprint density at radius 3 is 2.75 bits per heavy atom. The number of halogens is 3. The second kappa shape index (κ2) is 5.26. The van der Waals surface area contributed by atoms with Crippen molar-refractivity contribution in [1.29, 1.82) is 0 Å². The van der Waals surface area contributed by atoms with Gasteiger partial charge in [-0.3, -0.25) is 0 Å². The van der Waals surface area contributed by atoms with Gasteiger partial charge in [-0.05, 0) is 30.4 Å². The molecule has 0 aliphatic heterocycles. The lowest BCUT2D eigenvalue weighted by atomic mass is 9.93. The van der Waals surface area contributed by atoms with E-state index in [9.17, 15) is 13.2 Å². The van der Waals surface area contributed by atoms with Crippen LogP contribution in [-0.4, -0.2) is 12.8 Å². The van der Waals surface area contributed by atoms with Gasteiger partial charge in [-0.15, -0.1) is 5.73 Å². The van der Waals surface area contributed by atoms with Gasteiger partial charge in [0.25, 0.3) is 0 Å². The summed E-state index contributed by atoms with van der Waals surface area (Å²) in [7, 11) is 0. The van der Waals surface area contributed by atoms with E-state index in [1.807, 2.05) is 6.08 Å². The van der Waals surface area contributed by atoms with E-state index in [2.05, 4.69) is 24.3 Å². The largest absolute Gasteiger partial charge is 0.484 e. The molecule has 0 radical (unpaired) electrons. The molecule has 1 rings (SSSR count). The molecule has 0 aromatic rings. The fourth-order valence-electron chi connectivity index (χ4n) is 1.36. The maximum atomic E-state index is 11.9. The van der Waals surface area contributed by atoms with Gasteiger partial charge in [0.15, 0.2) is 6.61 Å². The Kier molecular flexibility index (Phi) is 4.25. The van der Waals surface area contributed by atoms with Crippen LogP contribution in [0.3, 0.4) is 0 Å². The molecule has 1 aliphatic carbocycles. The number of alkyl halides is 3. The molecule has 90 valence electrons. The molecule has 1 atom stereocenters. The first kappa shape index (κ1) is 12.9. The van der Waals surface area contributed by atoms with Crippen LogP contribution >= 0.6 is 0 Å². The molecule has 1 unspecified atom stereocenters. The van der Waals surface area contributed by atoms with Gasteiger partial charge in [-0.2, -0.15) is 13.2 Å². The van der Waals surface area contributed by atoms with Crippen LogP contribution in [0.5, 0.6) is 0 Å². The minimum Gasteiger partial charge on any atom is -0.484 e. The number of hydrogen-bond acceptors (Lipinski definition) is 1. The Labute approximate surface area is 93.3 Å². The minimum absolute atomic E-state index is 0.247. The van der Waals surface area contributed by atoms with E-state index in [0.29, 0.717) is 18.3 Å². The zero-order valence-corrected chi connectivity index (χ0v) is 9.34. The van der Waals surface area contributed by atoms with Gasteiger partial charge in [0.05, 0.1) is 0 Å². The molecule has 0 aromatic carbocycles. The van der Waals surface area contributed by atoms with E-state index >= 15 is 0 Å². The van der Waals surface area contributed by atoms with Gasteiger partial charge < -0.3 is 4.74 Å². The molecule has 0 amide bonds. The van der Waals surface area contributed by atoms with Crippen molar-refractivity contribution in [2.45, 2.75) is 26.4 Å². The molecule has 1 aliphatic rings. The summed E-state index contributed by atoms with van der Waals surface area (Å²) in [4.78, 5) is 0. The van der Waals surface area contributed by atoms with Gasteiger partial charge in [0.2, 0.25) is 0 Å². The predicted octanol–water partition coefficient (Wildman–Crippen LogP) is 3.84. The number of ether oxygens (including phenoxy) is 1. The molecule has 0 heterocycles. The SMILES string of the molecule is CC(C)C1C=C=CC(OCC(F)(F)F)=CC1. The van der Waals surface area contributed by atoms with E-state index in [1.54, 1.807) is 6.08 Å². The van der Waals surface area contributed by atoms with Crippen LogP contribution in [0.1, 0.15) is 20.3 Å². The van der Waals surface area contributed by atoms with Crippen molar-refractivity contribution in [2.75, 3.05) is 6.61 Å². The highest BCUT2D eigenvalue weighted by Gasteiger charge is 2.28. The van der Waals surface area contributed by atoms with Crippen molar-refractivity contribution in [3.8, 4) is 0 Å². The van der Waals surface area contributed by atoms with Crippen LogP contribution in [0.15, 0.2) is 29.7 Å². The van der Waals surface area contributed by atoms with Crippen molar-refractivity contribution in [2.24, 2.45) is 11.8 Å². The van der Waals surface area contributed by atoms with E-state index in [-0.39, 0.29) is 5.76 Å². The summed E-state index contributed by atoms with van der Waals surface area (Å²) in [5, 5.41) is 0. The monoisotopic (exact) mass is 232 g/mol. The van der Waals surface area contributed by atoms with Crippen LogP contribution in [0.2, 0.25) is 0 Å². The molecule has 16 heavy (non-hydrogen) atoms. The van der Waals surface area contributed by atoms with Gasteiger partial charge >= 0.3 is 6.18 Å². The predicted molar refractivity (Wildman–Crippen MR) is 55.7 cm³/mol. The standard InChI is InChI=1S/C12H15F3O/c1-9(2)10-4-3-5-11(7-6-10)16-8-12(13,14)15/h4-5,7,9-10H,6,8H2,1-2H3. The van der Waals surface area contributed by atoms with Crippen molar-refractivity contribution >= 4 is 0 Å². The normalized spacial score (nSPS) is 20.9. The summed E-state index contributed by atoms with van der Waals surface area (Å²) in [6.07, 6.45) is 1.42. The Morgan fingerprint density at radius 1 is 1.50 bits per heavy atom. The summed E-state index contributed by atoms with van der Waals surface area (Å²) < 4.78 is 40.4. The summed E-state index contributed by atoms with van der Waals surface area (Å²) in [5.74, 6) is 0.999. The zero-order valence-electron chi connectivity index (χ0n) is 9.34. The lowest BCUT2D eigenvalue weighted by Crippen LogP contribution is -2.16. The Morgan fingerprint density at radius 2 is 2.19 bits per heavy atom. The molecular formula is C12H15F3O. The molecule has 0 saturated heterocycles. The highest BCUT2D eigenvalue weighted by molar-refractivity contribution is 5.16. The van der Waals surface area contributed by atoms with Crippen LogP contribution < -0.4 is 0 Å². The minimum atomic E-state index is -4.29. The fraction of sp³-hybridized carbons (Fsp3) is 0.583. The van der Waals surface area contributed by atoms with E-state index < -0.39 is 12.8 Å². The summed E-state index contributed by atoms with van der Waals surface area (Å²) in [6.45, 7) is 2.89. The third kappa shape index (κ3) is 4.58. The lowest BCUT2D eigenvalue weighted by molar-refractivity contribution is -0.163. The maximum absolute atomic E-state index is 11.9. The number of allylic oxidation sites excluding steroid dienone is 2.